The number of carbonyl (C=O) groups is 1. The van der Waals surface area contributed by atoms with Crippen LogP contribution in [0.3, 0.4) is 0 Å². The number of nitrogens with one attached hydrogen (secondary N) is 1. The summed E-state index contributed by atoms with van der Waals surface area (Å²) in [6.45, 7) is 12.2. The van der Waals surface area contributed by atoms with Crippen LogP contribution >= 0.6 is 0 Å². The van der Waals surface area contributed by atoms with Crippen molar-refractivity contribution in [1.29, 1.82) is 0 Å². The van der Waals surface area contributed by atoms with E-state index in [0.717, 1.165) is 24.1 Å². The molecule has 1 N–H and O–H groups in total. The molecule has 186 valence electrons. The van der Waals surface area contributed by atoms with Gasteiger partial charge in [-0.1, -0.05) is 43.3 Å². The fourth-order valence-corrected chi connectivity index (χ4v) is 4.19. The zero-order chi connectivity index (χ0) is 25.4. The fourth-order valence-electron chi connectivity index (χ4n) is 4.19. The Morgan fingerprint density at radius 3 is 2.00 bits per heavy atom. The number of nitrogens with zero attached hydrogens (tertiary/aromatic N) is 1. The van der Waals surface area contributed by atoms with Gasteiger partial charge < -0.3 is 14.8 Å². The smallest absolute Gasteiger partial charge is 0.255 e. The van der Waals surface area contributed by atoms with Crippen LogP contribution in [0.25, 0.3) is 11.1 Å². The monoisotopic (exact) mass is 474 g/mol. The van der Waals surface area contributed by atoms with E-state index in [2.05, 4.69) is 69.1 Å². The fraction of sp³-hybridized carbons (Fsp3) is 0.367. The quantitative estimate of drug-likeness (QED) is 0.337. The second kappa shape index (κ2) is 12.4. The topological polar surface area (TPSA) is 50.8 Å². The number of benzene rings is 3. The van der Waals surface area contributed by atoms with Crippen molar-refractivity contribution in [2.24, 2.45) is 0 Å². The first-order valence-corrected chi connectivity index (χ1v) is 12.4. The number of methoxy groups -OCH3 is 1. The molecule has 0 fully saturated rings. The minimum atomic E-state index is -0.167. The number of ether oxygens (including phenoxy) is 2. The predicted octanol–water partition coefficient (Wildman–Crippen LogP) is 6.67. The standard InChI is InChI=1S/C30H38N2O3/c1-7-23-8-10-24(11-9-23)25-12-14-26(15-13-25)30(33)31-27-16-17-28(34-6)29(20-27)35-19-18-32(21(2)3)22(4)5/h8-17,20-22H,7,18-19H2,1-6H3,(H,31,33). The summed E-state index contributed by atoms with van der Waals surface area (Å²) < 4.78 is 11.5. The van der Waals surface area contributed by atoms with E-state index >= 15 is 0 Å². The van der Waals surface area contributed by atoms with Crippen molar-refractivity contribution in [3.63, 3.8) is 0 Å². The summed E-state index contributed by atoms with van der Waals surface area (Å²) >= 11 is 0. The molecule has 0 aromatic heterocycles. The van der Waals surface area contributed by atoms with Gasteiger partial charge in [0.05, 0.1) is 7.11 Å². The first-order chi connectivity index (χ1) is 16.8. The molecule has 0 spiro atoms. The van der Waals surface area contributed by atoms with Gasteiger partial charge in [0, 0.05) is 35.9 Å². The number of amides is 1. The van der Waals surface area contributed by atoms with Crippen LogP contribution in [-0.2, 0) is 6.42 Å². The maximum absolute atomic E-state index is 12.9. The van der Waals surface area contributed by atoms with E-state index in [9.17, 15) is 4.79 Å². The normalized spacial score (nSPS) is 11.2. The molecule has 0 saturated heterocycles. The molecule has 5 nitrogen and oxygen atoms in total. The van der Waals surface area contributed by atoms with Crippen LogP contribution in [0.2, 0.25) is 0 Å². The highest BCUT2D eigenvalue weighted by Crippen LogP contribution is 2.30. The van der Waals surface area contributed by atoms with E-state index in [1.165, 1.54) is 5.56 Å². The maximum atomic E-state index is 12.9. The maximum Gasteiger partial charge on any atom is 0.255 e. The first kappa shape index (κ1) is 26.3. The molecule has 35 heavy (non-hydrogen) atoms. The Bertz CT molecular complexity index is 1080. The van der Waals surface area contributed by atoms with E-state index in [4.69, 9.17) is 9.47 Å². The summed E-state index contributed by atoms with van der Waals surface area (Å²) in [4.78, 5) is 15.2. The van der Waals surface area contributed by atoms with Crippen LogP contribution in [0.5, 0.6) is 11.5 Å². The molecule has 0 aliphatic carbocycles. The minimum absolute atomic E-state index is 0.167. The van der Waals surface area contributed by atoms with Crippen molar-refractivity contribution in [1.82, 2.24) is 4.90 Å². The molecular weight excluding hydrogens is 436 g/mol. The molecule has 3 aromatic carbocycles. The molecule has 1 amide bonds. The van der Waals surface area contributed by atoms with E-state index in [0.29, 0.717) is 41.4 Å². The molecule has 0 aliphatic heterocycles. The number of anilines is 1. The molecule has 5 heteroatoms. The van der Waals surface area contributed by atoms with Gasteiger partial charge in [0.25, 0.3) is 5.91 Å². The van der Waals surface area contributed by atoms with Gasteiger partial charge in [-0.2, -0.15) is 0 Å². The van der Waals surface area contributed by atoms with Gasteiger partial charge in [-0.15, -0.1) is 0 Å². The zero-order valence-corrected chi connectivity index (χ0v) is 21.8. The third kappa shape index (κ3) is 7.09. The van der Waals surface area contributed by atoms with Crippen LogP contribution in [0, 0.1) is 0 Å². The van der Waals surface area contributed by atoms with Crippen molar-refractivity contribution in [3.05, 3.63) is 77.9 Å². The second-order valence-corrected chi connectivity index (χ2v) is 9.22. The van der Waals surface area contributed by atoms with Crippen LogP contribution in [0.15, 0.2) is 66.7 Å². The lowest BCUT2D eigenvalue weighted by molar-refractivity contribution is 0.102. The number of carbonyl (C=O) groups excluding carboxylic acids is 1. The van der Waals surface area contributed by atoms with Gasteiger partial charge >= 0.3 is 0 Å². The molecule has 0 saturated carbocycles. The Morgan fingerprint density at radius 2 is 1.46 bits per heavy atom. The van der Waals surface area contributed by atoms with Gasteiger partial charge in [-0.3, -0.25) is 9.69 Å². The lowest BCUT2D eigenvalue weighted by Crippen LogP contribution is -2.39. The van der Waals surface area contributed by atoms with Gasteiger partial charge in [-0.25, -0.2) is 0 Å². The summed E-state index contributed by atoms with van der Waals surface area (Å²) in [6, 6.07) is 22.5. The number of hydrogen-bond acceptors (Lipinski definition) is 4. The number of hydrogen-bond donors (Lipinski definition) is 1. The summed E-state index contributed by atoms with van der Waals surface area (Å²) in [5.41, 5.74) is 4.79. The van der Waals surface area contributed by atoms with Crippen molar-refractivity contribution in [2.45, 2.75) is 53.1 Å². The van der Waals surface area contributed by atoms with Crippen LogP contribution in [-0.4, -0.2) is 43.2 Å². The largest absolute Gasteiger partial charge is 0.493 e. The predicted molar refractivity (Wildman–Crippen MR) is 145 cm³/mol. The van der Waals surface area contributed by atoms with E-state index < -0.39 is 0 Å². The van der Waals surface area contributed by atoms with E-state index in [-0.39, 0.29) is 5.91 Å². The second-order valence-electron chi connectivity index (χ2n) is 9.22. The Kier molecular flexibility index (Phi) is 9.32. The summed E-state index contributed by atoms with van der Waals surface area (Å²) in [6.07, 6.45) is 1.02. The molecular formula is C30H38N2O3. The average molecular weight is 475 g/mol. The van der Waals surface area contributed by atoms with Crippen LogP contribution in [0.4, 0.5) is 5.69 Å². The highest BCUT2D eigenvalue weighted by molar-refractivity contribution is 6.04. The third-order valence-corrected chi connectivity index (χ3v) is 6.20. The lowest BCUT2D eigenvalue weighted by Gasteiger charge is -2.30. The molecule has 0 aliphatic rings. The van der Waals surface area contributed by atoms with Gasteiger partial charge in [-0.05, 0) is 75.1 Å². The van der Waals surface area contributed by atoms with Crippen molar-refractivity contribution in [2.75, 3.05) is 25.6 Å². The Balaban J connectivity index is 1.66. The molecule has 0 unspecified atom stereocenters. The highest BCUT2D eigenvalue weighted by atomic mass is 16.5. The molecule has 0 atom stereocenters. The molecule has 0 bridgehead atoms. The Hall–Kier alpha value is -3.31. The van der Waals surface area contributed by atoms with Crippen molar-refractivity contribution >= 4 is 11.6 Å². The number of aryl methyl sites for hydroxylation is 1. The SMILES string of the molecule is CCc1ccc(-c2ccc(C(=O)Nc3ccc(OC)c(OCCN(C(C)C)C(C)C)c3)cc2)cc1. The minimum Gasteiger partial charge on any atom is -0.493 e. The van der Waals surface area contributed by atoms with Gasteiger partial charge in [0.15, 0.2) is 11.5 Å². The highest BCUT2D eigenvalue weighted by Gasteiger charge is 2.15. The van der Waals surface area contributed by atoms with Crippen LogP contribution in [0.1, 0.15) is 50.5 Å². The van der Waals surface area contributed by atoms with E-state index in [1.54, 1.807) is 7.11 Å². The summed E-state index contributed by atoms with van der Waals surface area (Å²) in [7, 11) is 1.62. The van der Waals surface area contributed by atoms with Gasteiger partial charge in [0.2, 0.25) is 0 Å². The zero-order valence-electron chi connectivity index (χ0n) is 21.8. The Labute approximate surface area is 210 Å². The summed E-state index contributed by atoms with van der Waals surface area (Å²) in [5, 5.41) is 2.97. The van der Waals surface area contributed by atoms with E-state index in [1.807, 2.05) is 42.5 Å². The Morgan fingerprint density at radius 1 is 0.857 bits per heavy atom. The lowest BCUT2D eigenvalue weighted by atomic mass is 10.0. The van der Waals surface area contributed by atoms with Crippen LogP contribution < -0.4 is 14.8 Å². The average Bonchev–Trinajstić information content (AvgIpc) is 2.86. The third-order valence-electron chi connectivity index (χ3n) is 6.20. The molecule has 3 rings (SSSR count). The molecule has 0 heterocycles. The molecule has 0 radical (unpaired) electrons. The summed E-state index contributed by atoms with van der Waals surface area (Å²) in [5.74, 6) is 1.09. The number of rotatable bonds is 11. The first-order valence-electron chi connectivity index (χ1n) is 12.4. The van der Waals surface area contributed by atoms with Crippen molar-refractivity contribution in [3.8, 4) is 22.6 Å². The van der Waals surface area contributed by atoms with Gasteiger partial charge in [0.1, 0.15) is 6.61 Å². The van der Waals surface area contributed by atoms with Crippen molar-refractivity contribution < 1.29 is 14.3 Å². The molecule has 3 aromatic rings.